The first-order valence-electron chi connectivity index (χ1n) is 5.66. The van der Waals surface area contributed by atoms with Crippen molar-refractivity contribution in [2.75, 3.05) is 12.0 Å². The summed E-state index contributed by atoms with van der Waals surface area (Å²) in [6.07, 6.45) is 6.36. The molecule has 0 saturated heterocycles. The third-order valence-corrected chi connectivity index (χ3v) is 3.51. The molecule has 1 rings (SSSR count). The first-order valence-corrected chi connectivity index (χ1v) is 7.05. The predicted molar refractivity (Wildman–Crippen MR) is 64.5 cm³/mol. The van der Waals surface area contributed by atoms with Gasteiger partial charge in [0.05, 0.1) is 11.7 Å². The van der Waals surface area contributed by atoms with E-state index in [1.165, 1.54) is 11.8 Å². The molecule has 2 atom stereocenters. The van der Waals surface area contributed by atoms with Crippen LogP contribution < -0.4 is 5.32 Å². The van der Waals surface area contributed by atoms with Gasteiger partial charge in [0.1, 0.15) is 0 Å². The van der Waals surface area contributed by atoms with E-state index in [1.807, 2.05) is 6.26 Å². The number of nitrogens with one attached hydrogen (secondary N) is 1. The van der Waals surface area contributed by atoms with Crippen LogP contribution in [0.4, 0.5) is 0 Å². The van der Waals surface area contributed by atoms with Gasteiger partial charge in [-0.15, -0.1) is 0 Å². The van der Waals surface area contributed by atoms with Crippen molar-refractivity contribution in [1.82, 2.24) is 5.32 Å². The molecule has 0 bridgehead atoms. The van der Waals surface area contributed by atoms with Gasteiger partial charge in [0.15, 0.2) is 0 Å². The number of hydrogen-bond acceptors (Lipinski definition) is 3. The number of carbonyl (C=O) groups is 2. The summed E-state index contributed by atoms with van der Waals surface area (Å²) in [5.41, 5.74) is 0. The van der Waals surface area contributed by atoms with Crippen molar-refractivity contribution in [3.05, 3.63) is 0 Å². The topological polar surface area (TPSA) is 66.4 Å². The predicted octanol–water partition coefficient (Wildman–Crippen LogP) is 1.50. The molecule has 2 N–H and O–H groups in total. The van der Waals surface area contributed by atoms with Crippen LogP contribution in [0.15, 0.2) is 0 Å². The zero-order valence-electron chi connectivity index (χ0n) is 9.57. The molecule has 1 amide bonds. The summed E-state index contributed by atoms with van der Waals surface area (Å²) < 4.78 is 0. The molecule has 0 heterocycles. The van der Waals surface area contributed by atoms with Crippen molar-refractivity contribution in [1.29, 1.82) is 0 Å². The van der Waals surface area contributed by atoms with Crippen LogP contribution in [0.25, 0.3) is 0 Å². The maximum absolute atomic E-state index is 11.5. The lowest BCUT2D eigenvalue weighted by molar-refractivity contribution is -0.143. The van der Waals surface area contributed by atoms with Gasteiger partial charge in [-0.05, 0) is 19.1 Å². The molecule has 0 aromatic rings. The molecule has 1 aliphatic carbocycles. The third kappa shape index (κ3) is 4.04. The minimum Gasteiger partial charge on any atom is -0.481 e. The van der Waals surface area contributed by atoms with Gasteiger partial charge in [0.25, 0.3) is 0 Å². The Labute approximate surface area is 100 Å². The average Bonchev–Trinajstić information content (AvgIpc) is 2.43. The minimum atomic E-state index is -0.781. The van der Waals surface area contributed by atoms with E-state index in [9.17, 15) is 9.59 Å². The Morgan fingerprint density at radius 2 is 2.00 bits per heavy atom. The summed E-state index contributed by atoms with van der Waals surface area (Å²) in [4.78, 5) is 22.6. The van der Waals surface area contributed by atoms with Crippen LogP contribution in [0.2, 0.25) is 0 Å². The van der Waals surface area contributed by atoms with Crippen LogP contribution in [-0.2, 0) is 9.59 Å². The number of carboxylic acids is 1. The molecule has 5 heteroatoms. The second-order valence-corrected chi connectivity index (χ2v) is 5.06. The van der Waals surface area contributed by atoms with Gasteiger partial charge in [-0.3, -0.25) is 9.59 Å². The van der Waals surface area contributed by atoms with E-state index in [1.54, 1.807) is 0 Å². The van der Waals surface area contributed by atoms with Gasteiger partial charge in [-0.25, -0.2) is 0 Å². The molecule has 92 valence electrons. The number of hydrogen-bond donors (Lipinski definition) is 2. The van der Waals surface area contributed by atoms with E-state index in [-0.39, 0.29) is 11.9 Å². The molecule has 0 aliphatic heterocycles. The SMILES string of the molecule is CSCC(=O)N[C@H]1CCCCC[C@H]1C(=O)O. The number of carbonyl (C=O) groups excluding carboxylic acids is 1. The Morgan fingerprint density at radius 1 is 1.31 bits per heavy atom. The molecule has 4 nitrogen and oxygen atoms in total. The van der Waals surface area contributed by atoms with E-state index in [0.29, 0.717) is 12.2 Å². The van der Waals surface area contributed by atoms with E-state index in [2.05, 4.69) is 5.32 Å². The van der Waals surface area contributed by atoms with Crippen molar-refractivity contribution in [2.24, 2.45) is 5.92 Å². The van der Waals surface area contributed by atoms with Crippen LogP contribution in [0.5, 0.6) is 0 Å². The van der Waals surface area contributed by atoms with Crippen LogP contribution in [0.1, 0.15) is 32.1 Å². The lowest BCUT2D eigenvalue weighted by atomic mass is 9.95. The van der Waals surface area contributed by atoms with Gasteiger partial charge in [-0.2, -0.15) is 11.8 Å². The van der Waals surface area contributed by atoms with Gasteiger partial charge < -0.3 is 10.4 Å². The number of rotatable bonds is 4. The molecule has 1 saturated carbocycles. The molecule has 0 spiro atoms. The molecule has 1 fully saturated rings. The maximum Gasteiger partial charge on any atom is 0.308 e. The van der Waals surface area contributed by atoms with Crippen LogP contribution in [-0.4, -0.2) is 35.0 Å². The zero-order chi connectivity index (χ0) is 12.0. The highest BCUT2D eigenvalue weighted by molar-refractivity contribution is 7.99. The van der Waals surface area contributed by atoms with E-state index in [0.717, 1.165) is 25.7 Å². The fourth-order valence-electron chi connectivity index (χ4n) is 2.16. The normalized spacial score (nSPS) is 25.8. The van der Waals surface area contributed by atoms with E-state index in [4.69, 9.17) is 5.11 Å². The van der Waals surface area contributed by atoms with Crippen molar-refractivity contribution < 1.29 is 14.7 Å². The largest absolute Gasteiger partial charge is 0.481 e. The Hall–Kier alpha value is -0.710. The molecule has 16 heavy (non-hydrogen) atoms. The Morgan fingerprint density at radius 3 is 2.62 bits per heavy atom. The van der Waals surface area contributed by atoms with Crippen LogP contribution in [0, 0.1) is 5.92 Å². The smallest absolute Gasteiger partial charge is 0.308 e. The molecule has 1 aliphatic rings. The van der Waals surface area contributed by atoms with Crippen LogP contribution >= 0.6 is 11.8 Å². The quantitative estimate of drug-likeness (QED) is 0.737. The van der Waals surface area contributed by atoms with Gasteiger partial charge in [0, 0.05) is 6.04 Å². The molecule has 0 aromatic heterocycles. The third-order valence-electron chi connectivity index (χ3n) is 2.95. The van der Waals surface area contributed by atoms with Crippen molar-refractivity contribution in [2.45, 2.75) is 38.1 Å². The second kappa shape index (κ2) is 6.78. The monoisotopic (exact) mass is 245 g/mol. The van der Waals surface area contributed by atoms with Crippen molar-refractivity contribution >= 4 is 23.6 Å². The van der Waals surface area contributed by atoms with Crippen molar-refractivity contribution in [3.8, 4) is 0 Å². The van der Waals surface area contributed by atoms with Gasteiger partial charge >= 0.3 is 5.97 Å². The molecule has 0 unspecified atom stereocenters. The number of amides is 1. The highest BCUT2D eigenvalue weighted by Crippen LogP contribution is 2.23. The summed E-state index contributed by atoms with van der Waals surface area (Å²) in [5, 5.41) is 12.0. The fraction of sp³-hybridized carbons (Fsp3) is 0.818. The summed E-state index contributed by atoms with van der Waals surface area (Å²) >= 11 is 1.45. The number of aliphatic carboxylic acids is 1. The molecular weight excluding hydrogens is 226 g/mol. The standard InChI is InChI=1S/C11H19NO3S/c1-16-7-10(13)12-9-6-4-2-3-5-8(9)11(14)15/h8-9H,2-7H2,1H3,(H,12,13)(H,14,15)/t8-,9+/m1/s1. The Balaban J connectivity index is 2.57. The summed E-state index contributed by atoms with van der Waals surface area (Å²) in [6, 6.07) is -0.181. The zero-order valence-corrected chi connectivity index (χ0v) is 10.4. The van der Waals surface area contributed by atoms with Gasteiger partial charge in [0.2, 0.25) is 5.91 Å². The van der Waals surface area contributed by atoms with Crippen molar-refractivity contribution in [3.63, 3.8) is 0 Å². The molecular formula is C11H19NO3S. The number of carboxylic acid groups (broad SMARTS) is 1. The lowest BCUT2D eigenvalue weighted by Crippen LogP contribution is -2.43. The highest BCUT2D eigenvalue weighted by Gasteiger charge is 2.30. The fourth-order valence-corrected chi connectivity index (χ4v) is 2.50. The highest BCUT2D eigenvalue weighted by atomic mass is 32.2. The summed E-state index contributed by atoms with van der Waals surface area (Å²) in [5.74, 6) is -0.835. The Kier molecular flexibility index (Phi) is 5.66. The molecule has 0 radical (unpaired) electrons. The summed E-state index contributed by atoms with van der Waals surface area (Å²) in [6.45, 7) is 0. The average molecular weight is 245 g/mol. The van der Waals surface area contributed by atoms with E-state index < -0.39 is 11.9 Å². The van der Waals surface area contributed by atoms with Gasteiger partial charge in [-0.1, -0.05) is 19.3 Å². The first-order chi connectivity index (χ1) is 7.65. The minimum absolute atomic E-state index is 0.0503. The summed E-state index contributed by atoms with van der Waals surface area (Å²) in [7, 11) is 0. The van der Waals surface area contributed by atoms with Crippen LogP contribution in [0.3, 0.4) is 0 Å². The number of thioether (sulfide) groups is 1. The lowest BCUT2D eigenvalue weighted by Gasteiger charge is -2.22. The second-order valence-electron chi connectivity index (χ2n) is 4.19. The van der Waals surface area contributed by atoms with E-state index >= 15 is 0 Å². The Bertz CT molecular complexity index is 258. The first kappa shape index (κ1) is 13.4. The molecule has 0 aromatic carbocycles. The maximum atomic E-state index is 11.5.